The number of hydrogen-bond donors (Lipinski definition) is 2. The molecule has 3 nitrogen and oxygen atoms in total. The lowest BCUT2D eigenvalue weighted by Crippen LogP contribution is -2.23. The summed E-state index contributed by atoms with van der Waals surface area (Å²) in [5, 5.41) is 11.4. The second-order valence-corrected chi connectivity index (χ2v) is 6.86. The van der Waals surface area contributed by atoms with E-state index in [1.54, 1.807) is 0 Å². The molecule has 0 spiro atoms. The zero-order valence-corrected chi connectivity index (χ0v) is 16.0. The van der Waals surface area contributed by atoms with Gasteiger partial charge in [-0.05, 0) is 38.6 Å². The fraction of sp³-hybridized carbons (Fsp3) is 0.857. The van der Waals surface area contributed by atoms with Crippen LogP contribution in [0.25, 0.3) is 0 Å². The van der Waals surface area contributed by atoms with Gasteiger partial charge in [0.1, 0.15) is 0 Å². The molecule has 0 unspecified atom stereocenters. The highest BCUT2D eigenvalue weighted by Crippen LogP contribution is 2.10. The molecule has 0 aliphatic carbocycles. The summed E-state index contributed by atoms with van der Waals surface area (Å²) in [5.74, 6) is -0.768. The van der Waals surface area contributed by atoms with E-state index in [2.05, 4.69) is 24.4 Å². The summed E-state index contributed by atoms with van der Waals surface area (Å²) in [5.41, 5.74) is 0. The maximum Gasteiger partial charge on any atom is 0.317 e. The predicted octanol–water partition coefficient (Wildman–Crippen LogP) is 6.09. The van der Waals surface area contributed by atoms with Crippen LogP contribution in [0.5, 0.6) is 0 Å². The third-order valence-corrected chi connectivity index (χ3v) is 4.39. The highest BCUT2D eigenvalue weighted by molar-refractivity contribution is 5.68. The summed E-state index contributed by atoms with van der Waals surface area (Å²) in [7, 11) is 0. The van der Waals surface area contributed by atoms with Gasteiger partial charge >= 0.3 is 5.97 Å². The van der Waals surface area contributed by atoms with E-state index in [1.807, 2.05) is 0 Å². The van der Waals surface area contributed by atoms with Crippen LogP contribution in [0.2, 0.25) is 0 Å². The Morgan fingerprint density at radius 1 is 0.750 bits per heavy atom. The summed E-state index contributed by atoms with van der Waals surface area (Å²) in [6, 6.07) is 0. The third kappa shape index (κ3) is 21.2. The van der Waals surface area contributed by atoms with E-state index in [4.69, 9.17) is 5.11 Å². The molecule has 0 bridgehead atoms. The quantitative estimate of drug-likeness (QED) is 0.221. The Morgan fingerprint density at radius 2 is 1.21 bits per heavy atom. The van der Waals surface area contributed by atoms with Crippen LogP contribution >= 0.6 is 0 Å². The number of carboxylic acids is 1. The molecule has 0 atom stereocenters. The van der Waals surface area contributed by atoms with Gasteiger partial charge in [-0.15, -0.1) is 0 Å². The predicted molar refractivity (Wildman–Crippen MR) is 105 cm³/mol. The first-order valence-corrected chi connectivity index (χ1v) is 10.3. The maximum absolute atomic E-state index is 10.3. The number of unbranched alkanes of at least 4 members (excludes halogenated alkanes) is 13. The number of aliphatic carboxylic acids is 1. The van der Waals surface area contributed by atoms with E-state index < -0.39 is 5.97 Å². The van der Waals surface area contributed by atoms with Crippen LogP contribution in [-0.2, 0) is 4.79 Å². The first-order valence-electron chi connectivity index (χ1n) is 10.3. The Balaban J connectivity index is 3.06. The van der Waals surface area contributed by atoms with Gasteiger partial charge in [-0.2, -0.15) is 0 Å². The van der Waals surface area contributed by atoms with Gasteiger partial charge in [0.25, 0.3) is 0 Å². The summed E-state index contributed by atoms with van der Waals surface area (Å²) >= 11 is 0. The largest absolute Gasteiger partial charge is 0.480 e. The molecule has 0 heterocycles. The number of allylic oxidation sites excluding steroid dienone is 2. The van der Waals surface area contributed by atoms with Crippen molar-refractivity contribution in [1.29, 1.82) is 0 Å². The van der Waals surface area contributed by atoms with Gasteiger partial charge in [-0.25, -0.2) is 0 Å². The Labute approximate surface area is 150 Å². The molecule has 0 aliphatic rings. The van der Waals surface area contributed by atoms with Crippen LogP contribution in [0.3, 0.4) is 0 Å². The van der Waals surface area contributed by atoms with Gasteiger partial charge in [0.15, 0.2) is 0 Å². The van der Waals surface area contributed by atoms with Gasteiger partial charge < -0.3 is 10.4 Å². The highest BCUT2D eigenvalue weighted by Gasteiger charge is 1.95. The first-order chi connectivity index (χ1) is 11.8. The van der Waals surface area contributed by atoms with Crippen molar-refractivity contribution in [3.63, 3.8) is 0 Å². The summed E-state index contributed by atoms with van der Waals surface area (Å²) in [4.78, 5) is 10.3. The van der Waals surface area contributed by atoms with E-state index in [0.717, 1.165) is 13.0 Å². The lowest BCUT2D eigenvalue weighted by molar-refractivity contribution is -0.135. The molecule has 3 heteroatoms. The molecule has 0 aromatic rings. The minimum Gasteiger partial charge on any atom is -0.480 e. The number of nitrogens with one attached hydrogen (secondary N) is 1. The molecule has 0 saturated heterocycles. The van der Waals surface area contributed by atoms with E-state index in [1.165, 1.54) is 89.9 Å². The highest BCUT2D eigenvalue weighted by atomic mass is 16.4. The molecule has 0 rings (SSSR count). The molecule has 0 radical (unpaired) electrons. The Kier molecular flexibility index (Phi) is 19.5. The number of rotatable bonds is 19. The molecule has 142 valence electrons. The molecular weight excluding hydrogens is 298 g/mol. The van der Waals surface area contributed by atoms with Crippen LogP contribution < -0.4 is 5.32 Å². The van der Waals surface area contributed by atoms with Gasteiger partial charge in [-0.3, -0.25) is 4.79 Å². The zero-order chi connectivity index (χ0) is 17.7. The SMILES string of the molecule is CCCCCCCC/C=C\CCCCCCCCCNCC(=O)O. The molecule has 2 N–H and O–H groups in total. The Morgan fingerprint density at radius 3 is 1.71 bits per heavy atom. The Hall–Kier alpha value is -0.830. The minimum atomic E-state index is -0.768. The molecule has 0 aromatic heterocycles. The maximum atomic E-state index is 10.3. The van der Waals surface area contributed by atoms with Crippen molar-refractivity contribution in [3.8, 4) is 0 Å². The molecule has 0 saturated carbocycles. The van der Waals surface area contributed by atoms with E-state index in [0.29, 0.717) is 0 Å². The van der Waals surface area contributed by atoms with Crippen molar-refractivity contribution < 1.29 is 9.90 Å². The monoisotopic (exact) mass is 339 g/mol. The smallest absolute Gasteiger partial charge is 0.317 e. The lowest BCUT2D eigenvalue weighted by Gasteiger charge is -2.02. The molecule has 24 heavy (non-hydrogen) atoms. The second-order valence-electron chi connectivity index (χ2n) is 6.86. The number of carboxylic acid groups (broad SMARTS) is 1. The summed E-state index contributed by atoms with van der Waals surface area (Å²) in [6.45, 7) is 3.19. The fourth-order valence-corrected chi connectivity index (χ4v) is 2.87. The fourth-order valence-electron chi connectivity index (χ4n) is 2.87. The van der Waals surface area contributed by atoms with Crippen LogP contribution in [0.1, 0.15) is 103 Å². The standard InChI is InChI=1S/C21H41NO2/c1-2-3-4-5-6-7-8-9-10-11-12-13-14-15-16-17-18-19-22-20-21(23)24/h9-10,22H,2-8,11-20H2,1H3,(H,23,24)/b10-9-. The minimum absolute atomic E-state index is 0.0897. The van der Waals surface area contributed by atoms with Crippen LogP contribution in [-0.4, -0.2) is 24.2 Å². The van der Waals surface area contributed by atoms with Crippen molar-refractivity contribution in [2.75, 3.05) is 13.1 Å². The normalized spacial score (nSPS) is 11.4. The van der Waals surface area contributed by atoms with Crippen molar-refractivity contribution in [2.45, 2.75) is 103 Å². The molecule has 0 fully saturated rings. The molecule has 0 aromatic carbocycles. The van der Waals surface area contributed by atoms with Crippen LogP contribution in [0, 0.1) is 0 Å². The summed E-state index contributed by atoms with van der Waals surface area (Å²) < 4.78 is 0. The number of carbonyl (C=O) groups is 1. The molecule has 0 aliphatic heterocycles. The second kappa shape index (κ2) is 20.2. The van der Waals surface area contributed by atoms with Gasteiger partial charge in [0, 0.05) is 0 Å². The van der Waals surface area contributed by atoms with E-state index >= 15 is 0 Å². The van der Waals surface area contributed by atoms with Crippen molar-refractivity contribution in [3.05, 3.63) is 12.2 Å². The first kappa shape index (κ1) is 23.2. The van der Waals surface area contributed by atoms with Crippen LogP contribution in [0.15, 0.2) is 12.2 Å². The van der Waals surface area contributed by atoms with Crippen molar-refractivity contribution in [1.82, 2.24) is 5.32 Å². The molecule has 0 amide bonds. The van der Waals surface area contributed by atoms with Crippen LogP contribution in [0.4, 0.5) is 0 Å². The van der Waals surface area contributed by atoms with Crippen molar-refractivity contribution >= 4 is 5.97 Å². The van der Waals surface area contributed by atoms with Crippen molar-refractivity contribution in [2.24, 2.45) is 0 Å². The topological polar surface area (TPSA) is 49.3 Å². The molecular formula is C21H41NO2. The third-order valence-electron chi connectivity index (χ3n) is 4.39. The average molecular weight is 340 g/mol. The number of hydrogen-bond acceptors (Lipinski definition) is 2. The summed E-state index contributed by atoms with van der Waals surface area (Å²) in [6.07, 6.45) is 24.5. The zero-order valence-electron chi connectivity index (χ0n) is 16.0. The van der Waals surface area contributed by atoms with E-state index in [-0.39, 0.29) is 6.54 Å². The Bertz CT molecular complexity index is 290. The van der Waals surface area contributed by atoms with Gasteiger partial charge in [0.2, 0.25) is 0 Å². The van der Waals surface area contributed by atoms with E-state index in [9.17, 15) is 4.79 Å². The lowest BCUT2D eigenvalue weighted by atomic mass is 10.1. The van der Waals surface area contributed by atoms with Gasteiger partial charge in [-0.1, -0.05) is 83.3 Å². The van der Waals surface area contributed by atoms with Gasteiger partial charge in [0.05, 0.1) is 6.54 Å². The average Bonchev–Trinajstić information content (AvgIpc) is 2.56.